The van der Waals surface area contributed by atoms with Gasteiger partial charge in [0.2, 0.25) is 0 Å². The fourth-order valence-corrected chi connectivity index (χ4v) is 1.57. The van der Waals surface area contributed by atoms with E-state index in [9.17, 15) is 18.4 Å². The van der Waals surface area contributed by atoms with E-state index in [4.69, 9.17) is 4.74 Å². The number of ether oxygens (including phenoxy) is 1. The van der Waals surface area contributed by atoms with Gasteiger partial charge >= 0.3 is 5.97 Å². The van der Waals surface area contributed by atoms with Gasteiger partial charge in [0.1, 0.15) is 17.2 Å². The summed E-state index contributed by atoms with van der Waals surface area (Å²) in [6, 6.07) is 4.38. The summed E-state index contributed by atoms with van der Waals surface area (Å²) in [7, 11) is 0. The molecule has 0 fully saturated rings. The first-order valence-corrected chi connectivity index (χ1v) is 6.01. The Morgan fingerprint density at radius 1 is 1.29 bits per heavy atom. The maximum absolute atomic E-state index is 13.4. The number of nitrogens with zero attached hydrogens (tertiary/aromatic N) is 2. The van der Waals surface area contributed by atoms with Crippen molar-refractivity contribution in [3.05, 3.63) is 53.4 Å². The number of halogens is 2. The second-order valence-electron chi connectivity index (χ2n) is 3.90. The van der Waals surface area contributed by atoms with Crippen LogP contribution in [0, 0.1) is 11.6 Å². The topological polar surface area (TPSA) is 73.2 Å². The molecule has 1 N–H and O–H groups in total. The fraction of sp³-hybridized carbons (Fsp3) is 0.154. The molecule has 0 spiro atoms. The number of benzene rings is 1. The molecule has 0 aliphatic carbocycles. The molecule has 1 heterocycles. The van der Waals surface area contributed by atoms with Crippen molar-refractivity contribution in [2.24, 2.45) is 0 Å². The molecule has 0 aliphatic heterocycles. The third-order valence-electron chi connectivity index (χ3n) is 2.48. The van der Waals surface area contributed by atoms with E-state index in [-0.39, 0.29) is 12.3 Å². The normalized spacial score (nSPS) is 10.2. The maximum atomic E-state index is 13.4. The summed E-state index contributed by atoms with van der Waals surface area (Å²) in [5.74, 6) is -3.68. The summed E-state index contributed by atoms with van der Waals surface area (Å²) in [5, 5.41) is 3.72. The van der Waals surface area contributed by atoms with Crippen molar-refractivity contribution in [2.45, 2.75) is 6.92 Å². The van der Waals surface area contributed by atoms with Crippen LogP contribution in [0.15, 0.2) is 30.5 Å². The summed E-state index contributed by atoms with van der Waals surface area (Å²) >= 11 is 0. The molecule has 0 atom stereocenters. The van der Waals surface area contributed by atoms with Crippen molar-refractivity contribution in [2.75, 3.05) is 12.0 Å². The molecule has 0 saturated carbocycles. The Labute approximate surface area is 118 Å². The number of nitrogens with one attached hydrogen (secondary N) is 1. The van der Waals surface area contributed by atoms with Crippen molar-refractivity contribution < 1.29 is 23.1 Å². The molecule has 110 valence electrons. The average molecular weight is 295 g/mol. The van der Waals surface area contributed by atoms with Gasteiger partial charge in [-0.25, -0.2) is 19.0 Å². The molecule has 0 bridgehead atoms. The lowest BCUT2D eigenvalue weighted by molar-refractivity contribution is 0.0518. The van der Waals surface area contributed by atoms with Crippen molar-refractivity contribution >= 4 is 11.9 Å². The van der Waals surface area contributed by atoms with E-state index < -0.39 is 29.1 Å². The van der Waals surface area contributed by atoms with Crippen molar-refractivity contribution in [3.8, 4) is 0 Å². The SMILES string of the molecule is CCOC(=O)c1ccn(NC(=O)c2c(F)cccc2F)n1. The third kappa shape index (κ3) is 3.22. The van der Waals surface area contributed by atoms with E-state index in [0.717, 1.165) is 23.0 Å². The fourth-order valence-electron chi connectivity index (χ4n) is 1.57. The lowest BCUT2D eigenvalue weighted by Gasteiger charge is -2.06. The molecule has 1 amide bonds. The Morgan fingerprint density at radius 3 is 2.57 bits per heavy atom. The zero-order valence-corrected chi connectivity index (χ0v) is 11.0. The van der Waals surface area contributed by atoms with Crippen molar-refractivity contribution in [1.82, 2.24) is 9.89 Å². The van der Waals surface area contributed by atoms with Gasteiger partial charge in [0.05, 0.1) is 6.61 Å². The second-order valence-corrected chi connectivity index (χ2v) is 3.90. The van der Waals surface area contributed by atoms with E-state index in [1.54, 1.807) is 6.92 Å². The minimum atomic E-state index is -1.02. The summed E-state index contributed by atoms with van der Waals surface area (Å²) in [4.78, 5) is 24.1. The number of esters is 1. The molecule has 2 aromatic rings. The van der Waals surface area contributed by atoms with Gasteiger partial charge in [-0.3, -0.25) is 4.79 Å². The molecule has 8 heteroatoms. The molecular weight excluding hydrogens is 284 g/mol. The zero-order valence-electron chi connectivity index (χ0n) is 11.0. The van der Waals surface area contributed by atoms with Crippen LogP contribution in [0.2, 0.25) is 0 Å². The third-order valence-corrected chi connectivity index (χ3v) is 2.48. The van der Waals surface area contributed by atoms with Gasteiger partial charge < -0.3 is 4.74 Å². The predicted octanol–water partition coefficient (Wildman–Crippen LogP) is 1.72. The molecule has 0 aliphatic rings. The van der Waals surface area contributed by atoms with E-state index in [1.807, 2.05) is 0 Å². The van der Waals surface area contributed by atoms with Gasteiger partial charge in [0.25, 0.3) is 5.91 Å². The number of hydrogen-bond acceptors (Lipinski definition) is 4. The number of aromatic nitrogens is 2. The Morgan fingerprint density at radius 2 is 1.95 bits per heavy atom. The highest BCUT2D eigenvalue weighted by molar-refractivity contribution is 6.00. The first-order chi connectivity index (χ1) is 10.0. The molecule has 21 heavy (non-hydrogen) atoms. The van der Waals surface area contributed by atoms with Crippen LogP contribution >= 0.6 is 0 Å². The largest absolute Gasteiger partial charge is 0.461 e. The smallest absolute Gasteiger partial charge is 0.358 e. The monoisotopic (exact) mass is 295 g/mol. The molecular formula is C13H11F2N3O3. The molecule has 0 unspecified atom stereocenters. The van der Waals surface area contributed by atoms with Crippen LogP contribution in [0.25, 0.3) is 0 Å². The summed E-state index contributed by atoms with van der Waals surface area (Å²) in [6.07, 6.45) is 1.25. The van der Waals surface area contributed by atoms with Crippen LogP contribution in [-0.2, 0) is 4.74 Å². The van der Waals surface area contributed by atoms with Crippen LogP contribution in [0.1, 0.15) is 27.8 Å². The lowest BCUT2D eigenvalue weighted by Crippen LogP contribution is -2.25. The predicted molar refractivity (Wildman–Crippen MR) is 68.2 cm³/mol. The van der Waals surface area contributed by atoms with Crippen molar-refractivity contribution in [3.63, 3.8) is 0 Å². The van der Waals surface area contributed by atoms with Crippen LogP contribution in [-0.4, -0.2) is 28.4 Å². The molecule has 0 radical (unpaired) electrons. The molecule has 2 rings (SSSR count). The Bertz CT molecular complexity index is 665. The number of rotatable bonds is 4. The van der Waals surface area contributed by atoms with E-state index in [2.05, 4.69) is 10.5 Å². The van der Waals surface area contributed by atoms with Gasteiger partial charge in [-0.2, -0.15) is 4.79 Å². The Balaban J connectivity index is 2.15. The van der Waals surface area contributed by atoms with Crippen molar-refractivity contribution in [1.29, 1.82) is 0 Å². The second kappa shape index (κ2) is 6.12. The summed E-state index contributed by atoms with van der Waals surface area (Å²) < 4.78 is 31.6. The standard InChI is InChI=1S/C13H11F2N3O3/c1-2-21-13(20)10-6-7-18(16-10)17-12(19)11-8(14)4-3-5-9(11)15/h3-7H,2H2,1H3,(H,17,19). The molecule has 6 nitrogen and oxygen atoms in total. The van der Waals surface area contributed by atoms with Gasteiger partial charge in [0, 0.05) is 6.20 Å². The number of carbonyl (C=O) groups is 2. The van der Waals surface area contributed by atoms with E-state index >= 15 is 0 Å². The van der Waals surface area contributed by atoms with Gasteiger partial charge in [-0.1, -0.05) is 6.07 Å². The van der Waals surface area contributed by atoms with E-state index in [1.165, 1.54) is 12.3 Å². The molecule has 1 aromatic carbocycles. The van der Waals surface area contributed by atoms with Crippen LogP contribution in [0.4, 0.5) is 8.78 Å². The minimum absolute atomic E-state index is 0.0360. The summed E-state index contributed by atoms with van der Waals surface area (Å²) in [5.41, 5.74) is 1.37. The highest BCUT2D eigenvalue weighted by atomic mass is 19.1. The van der Waals surface area contributed by atoms with Crippen LogP contribution < -0.4 is 5.43 Å². The quantitative estimate of drug-likeness (QED) is 0.872. The van der Waals surface area contributed by atoms with Gasteiger partial charge in [0.15, 0.2) is 5.69 Å². The lowest BCUT2D eigenvalue weighted by atomic mass is 10.2. The van der Waals surface area contributed by atoms with E-state index in [0.29, 0.717) is 0 Å². The summed E-state index contributed by atoms with van der Waals surface area (Å²) in [6.45, 7) is 1.82. The first-order valence-electron chi connectivity index (χ1n) is 6.01. The van der Waals surface area contributed by atoms with Gasteiger partial charge in [-0.15, -0.1) is 5.10 Å². The number of carbonyl (C=O) groups excluding carboxylic acids is 2. The first kappa shape index (κ1) is 14.6. The highest BCUT2D eigenvalue weighted by Gasteiger charge is 2.18. The zero-order chi connectivity index (χ0) is 15.4. The average Bonchev–Trinajstić information content (AvgIpc) is 2.87. The van der Waals surface area contributed by atoms with Gasteiger partial charge in [-0.05, 0) is 25.1 Å². The Hall–Kier alpha value is -2.77. The maximum Gasteiger partial charge on any atom is 0.358 e. The van der Waals surface area contributed by atoms with Crippen LogP contribution in [0.3, 0.4) is 0 Å². The molecule has 1 aromatic heterocycles. The molecule has 0 saturated heterocycles. The number of hydrogen-bond donors (Lipinski definition) is 1. The Kier molecular flexibility index (Phi) is 4.27. The number of amides is 1. The highest BCUT2D eigenvalue weighted by Crippen LogP contribution is 2.12. The van der Waals surface area contributed by atoms with Crippen LogP contribution in [0.5, 0.6) is 0 Å². The minimum Gasteiger partial charge on any atom is -0.461 e.